The predicted octanol–water partition coefficient (Wildman–Crippen LogP) is 6.87. The highest BCUT2D eigenvalue weighted by molar-refractivity contribution is 7.21. The highest BCUT2D eigenvalue weighted by Crippen LogP contribution is 2.43. The highest BCUT2D eigenvalue weighted by atomic mass is 32.1. The van der Waals surface area contributed by atoms with Gasteiger partial charge < -0.3 is 24.4 Å². The fourth-order valence-corrected chi connectivity index (χ4v) is 7.45. The van der Waals surface area contributed by atoms with Gasteiger partial charge in [-0.15, -0.1) is 22.7 Å². The number of carboxylic acid groups (broad SMARTS) is 2. The van der Waals surface area contributed by atoms with Crippen molar-refractivity contribution in [3.8, 4) is 17.2 Å². The van der Waals surface area contributed by atoms with Gasteiger partial charge in [0.05, 0.1) is 42.4 Å². The van der Waals surface area contributed by atoms with Gasteiger partial charge in [0.2, 0.25) is 0 Å². The van der Waals surface area contributed by atoms with Crippen molar-refractivity contribution in [1.82, 2.24) is 0 Å². The number of carbonyl (C=O) groups excluding carboxylic acids is 2. The first kappa shape index (κ1) is 31.4. The second-order valence-electron chi connectivity index (χ2n) is 10.9. The molecule has 44 heavy (non-hydrogen) atoms. The molecule has 0 amide bonds. The number of aryl methyl sites for hydroxylation is 1. The van der Waals surface area contributed by atoms with Crippen LogP contribution in [-0.4, -0.2) is 54.5 Å². The Bertz CT molecular complexity index is 1770. The first-order valence-corrected chi connectivity index (χ1v) is 15.7. The maximum atomic E-state index is 15.6. The number of carboxylic acids is 2. The summed E-state index contributed by atoms with van der Waals surface area (Å²) in [6.07, 6.45) is 1.91. The molecule has 0 spiro atoms. The van der Waals surface area contributed by atoms with E-state index < -0.39 is 35.5 Å². The van der Waals surface area contributed by atoms with Gasteiger partial charge in [0.15, 0.2) is 28.9 Å². The zero-order valence-electron chi connectivity index (χ0n) is 24.3. The molecule has 0 bridgehead atoms. The highest BCUT2D eigenvalue weighted by Gasteiger charge is 2.42. The molecule has 0 unspecified atom stereocenters. The third-order valence-corrected chi connectivity index (χ3v) is 10.3. The lowest BCUT2D eigenvalue weighted by atomic mass is 9.71. The molecule has 12 heteroatoms. The summed E-state index contributed by atoms with van der Waals surface area (Å²) in [5.74, 6) is -4.48. The number of fused-ring (bicyclic) bond motifs is 2. The van der Waals surface area contributed by atoms with E-state index in [9.17, 15) is 24.3 Å². The van der Waals surface area contributed by atoms with Crippen molar-refractivity contribution in [1.29, 1.82) is 0 Å². The number of hydrogen-bond donors (Lipinski definition) is 2. The summed E-state index contributed by atoms with van der Waals surface area (Å²) in [5.41, 5.74) is 0.874. The molecule has 1 aliphatic rings. The summed E-state index contributed by atoms with van der Waals surface area (Å²) in [6, 6.07) is 8.62. The average molecular weight is 643 g/mol. The number of ketones is 2. The molecule has 0 aliphatic heterocycles. The third kappa shape index (κ3) is 6.14. The minimum Gasteiger partial charge on any atom is -0.496 e. The van der Waals surface area contributed by atoms with Crippen LogP contribution in [0, 0.1) is 23.6 Å². The van der Waals surface area contributed by atoms with Crippen LogP contribution in [-0.2, 0) is 16.0 Å². The van der Waals surface area contributed by atoms with Crippen molar-refractivity contribution in [2.75, 3.05) is 20.8 Å². The van der Waals surface area contributed by atoms with Crippen molar-refractivity contribution in [2.45, 2.75) is 39.0 Å². The van der Waals surface area contributed by atoms with Gasteiger partial charge in [0.25, 0.3) is 0 Å². The van der Waals surface area contributed by atoms with Crippen LogP contribution in [0.25, 0.3) is 20.2 Å². The average Bonchev–Trinajstić information content (AvgIpc) is 3.59. The van der Waals surface area contributed by atoms with E-state index in [1.54, 1.807) is 19.2 Å². The molecule has 1 fully saturated rings. The van der Waals surface area contributed by atoms with Gasteiger partial charge in [-0.25, -0.2) is 4.39 Å². The molecule has 2 aromatic heterocycles. The predicted molar refractivity (Wildman–Crippen MR) is 164 cm³/mol. The zero-order chi connectivity index (χ0) is 31.7. The summed E-state index contributed by atoms with van der Waals surface area (Å²) in [7, 11) is 2.96. The van der Waals surface area contributed by atoms with Crippen molar-refractivity contribution < 1.29 is 48.0 Å². The van der Waals surface area contributed by atoms with Gasteiger partial charge >= 0.3 is 11.9 Å². The van der Waals surface area contributed by atoms with Gasteiger partial charge in [0, 0.05) is 33.2 Å². The normalized spacial score (nSPS) is 16.8. The quantitative estimate of drug-likeness (QED) is 0.112. The topological polar surface area (TPSA) is 136 Å². The molecule has 232 valence electrons. The van der Waals surface area contributed by atoms with Crippen molar-refractivity contribution in [3.05, 3.63) is 51.5 Å². The number of benzene rings is 2. The number of aliphatic carboxylic acids is 2. The number of carbonyl (C=O) groups is 4. The Morgan fingerprint density at radius 1 is 0.932 bits per heavy atom. The number of hydrogen-bond acceptors (Lipinski definition) is 9. The van der Waals surface area contributed by atoms with E-state index in [1.807, 2.05) is 12.1 Å². The van der Waals surface area contributed by atoms with Crippen LogP contribution in [0.2, 0.25) is 0 Å². The van der Waals surface area contributed by atoms with Crippen LogP contribution in [0.15, 0.2) is 30.3 Å². The molecule has 0 saturated heterocycles. The Morgan fingerprint density at radius 2 is 1.61 bits per heavy atom. The third-order valence-electron chi connectivity index (χ3n) is 8.02. The summed E-state index contributed by atoms with van der Waals surface area (Å²) >= 11 is 2.40. The van der Waals surface area contributed by atoms with E-state index in [1.165, 1.54) is 31.4 Å². The number of rotatable bonds is 14. The van der Waals surface area contributed by atoms with Gasteiger partial charge in [-0.2, -0.15) is 0 Å². The van der Waals surface area contributed by atoms with Crippen LogP contribution in [0.5, 0.6) is 17.2 Å². The van der Waals surface area contributed by atoms with Crippen molar-refractivity contribution >= 4 is 66.4 Å². The maximum absolute atomic E-state index is 15.6. The monoisotopic (exact) mass is 642 g/mol. The van der Waals surface area contributed by atoms with Crippen molar-refractivity contribution in [3.63, 3.8) is 0 Å². The number of ether oxygens (including phenoxy) is 3. The van der Waals surface area contributed by atoms with E-state index in [-0.39, 0.29) is 41.5 Å². The summed E-state index contributed by atoms with van der Waals surface area (Å²) in [6.45, 7) is 1.65. The number of Topliss-reactive ketones (excluding diaryl/α,β-unsaturated/α-hetero) is 2. The van der Waals surface area contributed by atoms with Crippen LogP contribution in [0.4, 0.5) is 4.39 Å². The fraction of sp³-hybridized carbons (Fsp3) is 0.375. The Labute approximate surface area is 260 Å². The fourth-order valence-electron chi connectivity index (χ4n) is 5.34. The Kier molecular flexibility index (Phi) is 9.21. The first-order valence-electron chi connectivity index (χ1n) is 14.1. The molecule has 2 aromatic carbocycles. The molecular formula is C32H31FO9S2. The first-order chi connectivity index (χ1) is 21.0. The molecule has 4 aromatic rings. The van der Waals surface area contributed by atoms with E-state index in [0.717, 1.165) is 27.0 Å². The van der Waals surface area contributed by atoms with Crippen LogP contribution in [0.1, 0.15) is 57.5 Å². The lowest BCUT2D eigenvalue weighted by Crippen LogP contribution is -2.37. The van der Waals surface area contributed by atoms with Gasteiger partial charge in [0.1, 0.15) is 5.75 Å². The second kappa shape index (κ2) is 12.9. The number of thiophene rings is 2. The van der Waals surface area contributed by atoms with Crippen LogP contribution >= 0.6 is 22.7 Å². The Hall–Kier alpha value is -4.03. The van der Waals surface area contributed by atoms with E-state index in [2.05, 4.69) is 0 Å². The lowest BCUT2D eigenvalue weighted by molar-refractivity contribution is -0.146. The molecule has 1 aliphatic carbocycles. The van der Waals surface area contributed by atoms with Gasteiger partial charge in [-0.05, 0) is 60.9 Å². The number of methoxy groups -OCH3 is 2. The van der Waals surface area contributed by atoms with E-state index >= 15 is 4.39 Å². The number of halogens is 1. The summed E-state index contributed by atoms with van der Waals surface area (Å²) in [4.78, 5) is 48.9. The van der Waals surface area contributed by atoms with Crippen molar-refractivity contribution in [2.24, 2.45) is 17.8 Å². The second-order valence-corrected chi connectivity index (χ2v) is 13.0. The smallest absolute Gasteiger partial charge is 0.307 e. The van der Waals surface area contributed by atoms with Gasteiger partial charge in [-0.1, -0.05) is 6.92 Å². The summed E-state index contributed by atoms with van der Waals surface area (Å²) in [5, 5.41) is 19.5. The molecular weight excluding hydrogens is 611 g/mol. The Balaban J connectivity index is 1.28. The summed E-state index contributed by atoms with van der Waals surface area (Å²) < 4.78 is 33.8. The SMILES string of the molecule is COc1cc2sc(C(=O)C[C@H](C)C(=O)O)cc2cc1CCCOc1c(OC)cc2sc(C(=O)[C@@H]3CC[C@H]3C(=O)O)cc2c1F. The molecule has 5 rings (SSSR count). The molecule has 9 nitrogen and oxygen atoms in total. The minimum atomic E-state index is -1.02. The van der Waals surface area contributed by atoms with Crippen LogP contribution in [0.3, 0.4) is 0 Å². The van der Waals surface area contributed by atoms with E-state index in [4.69, 9.17) is 19.3 Å². The minimum absolute atomic E-state index is 0.0668. The molecule has 3 atom stereocenters. The van der Waals surface area contributed by atoms with Gasteiger partial charge in [-0.3, -0.25) is 19.2 Å². The molecule has 2 heterocycles. The molecule has 0 radical (unpaired) electrons. The molecule has 2 N–H and O–H groups in total. The lowest BCUT2D eigenvalue weighted by Gasteiger charge is -2.31. The Morgan fingerprint density at radius 3 is 2.25 bits per heavy atom. The van der Waals surface area contributed by atoms with E-state index in [0.29, 0.717) is 45.9 Å². The molecule has 1 saturated carbocycles. The standard InChI is InChI=1S/C32H31FO9S2/c1-15(31(36)37)9-21(34)26-11-17-10-16(22(40-2)13-24(17)43-26)5-4-8-42-30-23(41-3)14-25-20(28(30)33)12-27(44-25)29(35)18-6-7-19(18)32(38)39/h10-15,18-19H,4-9H2,1-3H3,(H,36,37)(H,38,39)/t15-,18+,19+/m0/s1. The van der Waals surface area contributed by atoms with Crippen LogP contribution < -0.4 is 14.2 Å². The zero-order valence-corrected chi connectivity index (χ0v) is 25.9. The maximum Gasteiger partial charge on any atom is 0.307 e. The largest absolute Gasteiger partial charge is 0.496 e.